The van der Waals surface area contributed by atoms with Crippen molar-refractivity contribution >= 4 is 24.2 Å². The van der Waals surface area contributed by atoms with Crippen LogP contribution in [0.25, 0.3) is 0 Å². The van der Waals surface area contributed by atoms with E-state index in [4.69, 9.17) is 5.73 Å². The molecule has 0 spiro atoms. The van der Waals surface area contributed by atoms with Gasteiger partial charge in [0, 0.05) is 25.6 Å². The number of amides is 2. The number of benzene rings is 2. The number of likely N-dealkylation sites (tertiary alicyclic amines) is 1. The first-order valence-electron chi connectivity index (χ1n) is 9.54. The maximum atomic E-state index is 12.9. The summed E-state index contributed by atoms with van der Waals surface area (Å²) in [5.41, 5.74) is 6.88. The van der Waals surface area contributed by atoms with Gasteiger partial charge in [-0.2, -0.15) is 0 Å². The highest BCUT2D eigenvalue weighted by Crippen LogP contribution is 2.24. The van der Waals surface area contributed by atoms with E-state index in [1.807, 2.05) is 30.3 Å². The molecule has 0 aromatic heterocycles. The van der Waals surface area contributed by atoms with Crippen LogP contribution in [0.2, 0.25) is 0 Å². The number of nitrogens with zero attached hydrogens (tertiary/aromatic N) is 1. The number of hydrogen-bond acceptors (Lipinski definition) is 3. The lowest BCUT2D eigenvalue weighted by molar-refractivity contribution is -0.140. The molecular weight excluding hydrogens is 393 g/mol. The molecule has 2 aromatic carbocycles. The van der Waals surface area contributed by atoms with Crippen LogP contribution in [0.4, 0.5) is 4.39 Å². The Hall–Kier alpha value is -2.44. The summed E-state index contributed by atoms with van der Waals surface area (Å²) in [7, 11) is 0. The standard InChI is InChI=1S/C22H26FN3O2.ClH/c1-22(24,18-5-3-2-4-6-18)21(28)26-13-11-17(12-14-26)20(27)25-15-16-7-9-19(23)10-8-16;/h2-10,17H,11-15,24H2,1H3,(H,25,27);1H. The first-order chi connectivity index (χ1) is 13.4. The Labute approximate surface area is 176 Å². The van der Waals surface area contributed by atoms with Gasteiger partial charge in [-0.1, -0.05) is 42.5 Å². The molecule has 29 heavy (non-hydrogen) atoms. The van der Waals surface area contributed by atoms with E-state index in [9.17, 15) is 14.0 Å². The monoisotopic (exact) mass is 419 g/mol. The molecule has 3 N–H and O–H groups in total. The lowest BCUT2D eigenvalue weighted by Crippen LogP contribution is -2.53. The molecule has 0 saturated carbocycles. The van der Waals surface area contributed by atoms with Gasteiger partial charge < -0.3 is 16.0 Å². The summed E-state index contributed by atoms with van der Waals surface area (Å²) in [5.74, 6) is -0.585. The summed E-state index contributed by atoms with van der Waals surface area (Å²) < 4.78 is 12.9. The molecule has 1 heterocycles. The quantitative estimate of drug-likeness (QED) is 0.782. The van der Waals surface area contributed by atoms with Crippen molar-refractivity contribution in [2.45, 2.75) is 31.8 Å². The van der Waals surface area contributed by atoms with Gasteiger partial charge in [0.05, 0.1) is 0 Å². The molecule has 0 bridgehead atoms. The van der Waals surface area contributed by atoms with Gasteiger partial charge in [-0.05, 0) is 43.0 Å². The minimum Gasteiger partial charge on any atom is -0.352 e. The molecule has 3 rings (SSSR count). The molecule has 1 aliphatic heterocycles. The average molecular weight is 420 g/mol. The molecule has 1 fully saturated rings. The van der Waals surface area contributed by atoms with Crippen LogP contribution in [0.1, 0.15) is 30.9 Å². The molecule has 0 aliphatic carbocycles. The summed E-state index contributed by atoms with van der Waals surface area (Å²) in [6.45, 7) is 3.11. The van der Waals surface area contributed by atoms with E-state index in [0.717, 1.165) is 11.1 Å². The van der Waals surface area contributed by atoms with E-state index in [-0.39, 0.29) is 36.0 Å². The minimum atomic E-state index is -1.08. The van der Waals surface area contributed by atoms with Crippen molar-refractivity contribution in [2.24, 2.45) is 11.7 Å². The van der Waals surface area contributed by atoms with Crippen molar-refractivity contribution in [1.82, 2.24) is 10.2 Å². The van der Waals surface area contributed by atoms with E-state index in [0.29, 0.717) is 32.5 Å². The number of nitrogens with one attached hydrogen (secondary N) is 1. The van der Waals surface area contributed by atoms with Crippen molar-refractivity contribution in [3.05, 3.63) is 71.5 Å². The number of hydrogen-bond donors (Lipinski definition) is 2. The van der Waals surface area contributed by atoms with E-state index in [1.165, 1.54) is 12.1 Å². The first kappa shape index (κ1) is 22.8. The van der Waals surface area contributed by atoms with E-state index >= 15 is 0 Å². The van der Waals surface area contributed by atoms with Gasteiger partial charge in [0.25, 0.3) is 0 Å². The molecule has 1 saturated heterocycles. The van der Waals surface area contributed by atoms with Gasteiger partial charge in [0.15, 0.2) is 0 Å². The van der Waals surface area contributed by atoms with Gasteiger partial charge in [-0.3, -0.25) is 9.59 Å². The van der Waals surface area contributed by atoms with Crippen molar-refractivity contribution in [1.29, 1.82) is 0 Å². The van der Waals surface area contributed by atoms with Crippen LogP contribution >= 0.6 is 12.4 Å². The Morgan fingerprint density at radius 3 is 2.28 bits per heavy atom. The van der Waals surface area contributed by atoms with Crippen LogP contribution in [0.3, 0.4) is 0 Å². The molecule has 2 amide bonds. The van der Waals surface area contributed by atoms with Crippen molar-refractivity contribution < 1.29 is 14.0 Å². The number of carbonyl (C=O) groups excluding carboxylic acids is 2. The molecule has 2 aromatic rings. The van der Waals surface area contributed by atoms with Crippen LogP contribution in [-0.2, 0) is 21.7 Å². The van der Waals surface area contributed by atoms with Gasteiger partial charge in [-0.15, -0.1) is 12.4 Å². The average Bonchev–Trinajstić information content (AvgIpc) is 2.73. The highest BCUT2D eigenvalue weighted by atomic mass is 35.5. The number of carbonyl (C=O) groups is 2. The Morgan fingerprint density at radius 1 is 1.10 bits per heavy atom. The second-order valence-electron chi connectivity index (χ2n) is 7.48. The molecule has 7 heteroatoms. The first-order valence-corrected chi connectivity index (χ1v) is 9.54. The Morgan fingerprint density at radius 2 is 1.69 bits per heavy atom. The van der Waals surface area contributed by atoms with Gasteiger partial charge in [0.1, 0.15) is 11.4 Å². The summed E-state index contributed by atoms with van der Waals surface area (Å²) in [4.78, 5) is 27.1. The third-order valence-corrected chi connectivity index (χ3v) is 5.35. The Bertz CT molecular complexity index is 820. The molecule has 5 nitrogen and oxygen atoms in total. The number of piperidine rings is 1. The van der Waals surface area contributed by atoms with Crippen LogP contribution in [-0.4, -0.2) is 29.8 Å². The van der Waals surface area contributed by atoms with Crippen molar-refractivity contribution in [2.75, 3.05) is 13.1 Å². The summed E-state index contributed by atoms with van der Waals surface area (Å²) in [6.07, 6.45) is 1.21. The summed E-state index contributed by atoms with van der Waals surface area (Å²) in [6, 6.07) is 15.4. The zero-order valence-electron chi connectivity index (χ0n) is 16.4. The topological polar surface area (TPSA) is 75.4 Å². The molecule has 1 atom stereocenters. The maximum absolute atomic E-state index is 12.9. The number of halogens is 2. The van der Waals surface area contributed by atoms with Crippen molar-refractivity contribution in [3.8, 4) is 0 Å². The fraction of sp³-hybridized carbons (Fsp3) is 0.364. The maximum Gasteiger partial charge on any atom is 0.246 e. The molecule has 0 radical (unpaired) electrons. The van der Waals surface area contributed by atoms with Gasteiger partial charge >= 0.3 is 0 Å². The highest BCUT2D eigenvalue weighted by Gasteiger charge is 2.36. The van der Waals surface area contributed by atoms with Gasteiger partial charge in [0.2, 0.25) is 11.8 Å². The van der Waals surface area contributed by atoms with Crippen LogP contribution in [0, 0.1) is 11.7 Å². The molecule has 156 valence electrons. The summed E-state index contributed by atoms with van der Waals surface area (Å²) >= 11 is 0. The zero-order valence-corrected chi connectivity index (χ0v) is 17.3. The van der Waals surface area contributed by atoms with Crippen LogP contribution in [0.5, 0.6) is 0 Å². The van der Waals surface area contributed by atoms with E-state index < -0.39 is 5.54 Å². The smallest absolute Gasteiger partial charge is 0.246 e. The third-order valence-electron chi connectivity index (χ3n) is 5.35. The third kappa shape index (κ3) is 5.55. The second-order valence-corrected chi connectivity index (χ2v) is 7.48. The van der Waals surface area contributed by atoms with Crippen LogP contribution in [0.15, 0.2) is 54.6 Å². The van der Waals surface area contributed by atoms with E-state index in [1.54, 1.807) is 24.0 Å². The number of rotatable bonds is 5. The number of nitrogens with two attached hydrogens (primary N) is 1. The zero-order chi connectivity index (χ0) is 20.1. The fourth-order valence-corrected chi connectivity index (χ4v) is 3.52. The van der Waals surface area contributed by atoms with Crippen molar-refractivity contribution in [3.63, 3.8) is 0 Å². The second kappa shape index (κ2) is 9.85. The normalized spacial score (nSPS) is 16.4. The SMILES string of the molecule is CC(N)(C(=O)N1CCC(C(=O)NCc2ccc(F)cc2)CC1)c1ccccc1.Cl. The minimum absolute atomic E-state index is 0. The van der Waals surface area contributed by atoms with E-state index in [2.05, 4.69) is 5.32 Å². The van der Waals surface area contributed by atoms with Crippen LogP contribution < -0.4 is 11.1 Å². The summed E-state index contributed by atoms with van der Waals surface area (Å²) in [5, 5.41) is 2.90. The Balaban J connectivity index is 0.00000300. The fourth-order valence-electron chi connectivity index (χ4n) is 3.52. The molecule has 1 aliphatic rings. The molecular formula is C22H27ClFN3O2. The lowest BCUT2D eigenvalue weighted by atomic mass is 9.89. The highest BCUT2D eigenvalue weighted by molar-refractivity contribution is 5.87. The molecule has 1 unspecified atom stereocenters. The predicted molar refractivity (Wildman–Crippen MR) is 113 cm³/mol. The van der Waals surface area contributed by atoms with Gasteiger partial charge in [-0.25, -0.2) is 4.39 Å². The predicted octanol–water partition coefficient (Wildman–Crippen LogP) is 2.98. The Kier molecular flexibility index (Phi) is 7.76. The lowest BCUT2D eigenvalue weighted by Gasteiger charge is -2.36. The largest absolute Gasteiger partial charge is 0.352 e.